The van der Waals surface area contributed by atoms with Gasteiger partial charge in [0.15, 0.2) is 0 Å². The number of fused-ring (bicyclic) bond motifs is 3. The highest BCUT2D eigenvalue weighted by Crippen LogP contribution is 2.58. The molecule has 3 aliphatic rings. The summed E-state index contributed by atoms with van der Waals surface area (Å²) < 4.78 is 0. The monoisotopic (exact) mass is 288 g/mol. The van der Waals surface area contributed by atoms with Crippen molar-refractivity contribution in [3.05, 3.63) is 23.3 Å². The largest absolute Gasteiger partial charge is 0.393 e. The molecule has 0 aromatic rings. The van der Waals surface area contributed by atoms with Gasteiger partial charge >= 0.3 is 0 Å². The van der Waals surface area contributed by atoms with Gasteiger partial charge in [-0.1, -0.05) is 44.1 Å². The van der Waals surface area contributed by atoms with Gasteiger partial charge in [0.05, 0.1) is 6.10 Å². The van der Waals surface area contributed by atoms with Crippen LogP contribution in [0, 0.1) is 22.7 Å². The molecule has 1 N–H and O–H groups in total. The summed E-state index contributed by atoms with van der Waals surface area (Å²) in [5, 5.41) is 10.7. The maximum atomic E-state index is 10.7. The molecule has 0 heterocycles. The Morgan fingerprint density at radius 3 is 2.52 bits per heavy atom. The number of allylic oxidation sites excluding steroid dienone is 3. The number of hydrogen-bond donors (Lipinski definition) is 1. The predicted molar refractivity (Wildman–Crippen MR) is 89.0 cm³/mol. The van der Waals surface area contributed by atoms with E-state index in [1.165, 1.54) is 31.3 Å². The van der Waals surface area contributed by atoms with E-state index in [1.807, 2.05) is 0 Å². The molecule has 0 radical (unpaired) electrons. The summed E-state index contributed by atoms with van der Waals surface area (Å²) in [6.07, 6.45) is 7.92. The fourth-order valence-corrected chi connectivity index (χ4v) is 5.63. The quantitative estimate of drug-likeness (QED) is 0.603. The van der Waals surface area contributed by atoms with Gasteiger partial charge in [-0.25, -0.2) is 0 Å². The lowest BCUT2D eigenvalue weighted by atomic mass is 9.52. The van der Waals surface area contributed by atoms with E-state index in [1.54, 1.807) is 11.1 Å². The van der Waals surface area contributed by atoms with Crippen LogP contribution in [0.2, 0.25) is 0 Å². The van der Waals surface area contributed by atoms with Crippen LogP contribution < -0.4 is 0 Å². The van der Waals surface area contributed by atoms with Crippen LogP contribution in [0.15, 0.2) is 23.3 Å². The van der Waals surface area contributed by atoms with E-state index in [0.717, 1.165) is 25.2 Å². The van der Waals surface area contributed by atoms with Crippen LogP contribution in [0.1, 0.15) is 72.6 Å². The fourth-order valence-electron chi connectivity index (χ4n) is 5.63. The molecule has 2 saturated carbocycles. The van der Waals surface area contributed by atoms with Crippen LogP contribution in [0.25, 0.3) is 0 Å². The summed E-state index contributed by atoms with van der Waals surface area (Å²) in [6.45, 7) is 14.0. The molecule has 118 valence electrons. The van der Waals surface area contributed by atoms with Crippen molar-refractivity contribution >= 4 is 0 Å². The van der Waals surface area contributed by atoms with Gasteiger partial charge in [-0.15, -0.1) is 0 Å². The standard InChI is InChI=1S/C20H32O/c1-13-6-8-15-12-17-14(2)7-9-18(21)20(17,5)11-10-16(13)19(15,3)4/h15,17-18,21H,2,6-12H2,1,3-5H3/t15-,17+,18-,20-/m0/s1. The Kier molecular flexibility index (Phi) is 3.64. The minimum absolute atomic E-state index is 0.0486. The number of rotatable bonds is 0. The van der Waals surface area contributed by atoms with Crippen LogP contribution in [-0.4, -0.2) is 11.2 Å². The Bertz CT molecular complexity index is 484. The van der Waals surface area contributed by atoms with E-state index in [9.17, 15) is 5.11 Å². The second-order valence-corrected chi connectivity index (χ2v) is 8.72. The number of aliphatic hydroxyl groups is 1. The van der Waals surface area contributed by atoms with Crippen molar-refractivity contribution in [3.63, 3.8) is 0 Å². The van der Waals surface area contributed by atoms with E-state index in [2.05, 4.69) is 34.3 Å². The van der Waals surface area contributed by atoms with Gasteiger partial charge in [-0.3, -0.25) is 0 Å². The Morgan fingerprint density at radius 2 is 1.81 bits per heavy atom. The third kappa shape index (κ3) is 2.23. The molecule has 0 saturated heterocycles. The van der Waals surface area contributed by atoms with Crippen LogP contribution in [-0.2, 0) is 0 Å². The van der Waals surface area contributed by atoms with E-state index in [0.29, 0.717) is 11.3 Å². The van der Waals surface area contributed by atoms with Crippen molar-refractivity contribution in [2.75, 3.05) is 0 Å². The molecule has 4 atom stereocenters. The van der Waals surface area contributed by atoms with Gasteiger partial charge < -0.3 is 5.11 Å². The summed E-state index contributed by atoms with van der Waals surface area (Å²) in [4.78, 5) is 0. The lowest BCUT2D eigenvalue weighted by molar-refractivity contribution is -0.0455. The third-order valence-electron chi connectivity index (χ3n) is 7.40. The van der Waals surface area contributed by atoms with Crippen molar-refractivity contribution < 1.29 is 5.11 Å². The molecule has 21 heavy (non-hydrogen) atoms. The van der Waals surface area contributed by atoms with Gasteiger partial charge in [-0.2, -0.15) is 0 Å². The summed E-state index contributed by atoms with van der Waals surface area (Å²) in [6, 6.07) is 0. The maximum Gasteiger partial charge on any atom is 0.0602 e. The predicted octanol–water partition coefficient (Wildman–Crippen LogP) is 5.26. The van der Waals surface area contributed by atoms with E-state index in [-0.39, 0.29) is 11.5 Å². The van der Waals surface area contributed by atoms with Gasteiger partial charge in [0.1, 0.15) is 0 Å². The molecule has 3 aliphatic carbocycles. The molecule has 1 nitrogen and oxygen atoms in total. The first-order valence-corrected chi connectivity index (χ1v) is 8.81. The Balaban J connectivity index is 2.02. The molecular formula is C20H32O. The molecule has 0 amide bonds. The van der Waals surface area contributed by atoms with Crippen molar-refractivity contribution in [1.29, 1.82) is 0 Å². The Morgan fingerprint density at radius 1 is 1.10 bits per heavy atom. The van der Waals surface area contributed by atoms with Crippen molar-refractivity contribution in [2.24, 2.45) is 22.7 Å². The van der Waals surface area contributed by atoms with Crippen LogP contribution in [0.5, 0.6) is 0 Å². The smallest absolute Gasteiger partial charge is 0.0602 e. The summed E-state index contributed by atoms with van der Waals surface area (Å²) >= 11 is 0. The van der Waals surface area contributed by atoms with Crippen molar-refractivity contribution in [3.8, 4) is 0 Å². The topological polar surface area (TPSA) is 20.2 Å². The van der Waals surface area contributed by atoms with Gasteiger partial charge in [0.25, 0.3) is 0 Å². The fraction of sp³-hybridized carbons (Fsp3) is 0.800. The highest BCUT2D eigenvalue weighted by atomic mass is 16.3. The molecule has 3 rings (SSSR count). The average molecular weight is 288 g/mol. The zero-order chi connectivity index (χ0) is 15.4. The van der Waals surface area contributed by atoms with E-state index in [4.69, 9.17) is 0 Å². The summed E-state index contributed by atoms with van der Waals surface area (Å²) in [5.74, 6) is 1.27. The normalized spacial score (nSPS) is 43.1. The maximum absolute atomic E-state index is 10.7. The number of hydrogen-bond acceptors (Lipinski definition) is 1. The SMILES string of the molecule is C=C1CC[C@H](O)[C@@]2(C)CCC3=C(C)CC[C@@H](C[C@H]12)C3(C)C. The van der Waals surface area contributed by atoms with Crippen LogP contribution in [0.3, 0.4) is 0 Å². The molecule has 0 aromatic heterocycles. The first kappa shape index (κ1) is 15.3. The van der Waals surface area contributed by atoms with Crippen molar-refractivity contribution in [1.82, 2.24) is 0 Å². The molecule has 0 aliphatic heterocycles. The molecule has 0 spiro atoms. The van der Waals surface area contributed by atoms with Gasteiger partial charge in [0, 0.05) is 5.41 Å². The van der Waals surface area contributed by atoms with E-state index < -0.39 is 0 Å². The zero-order valence-corrected chi connectivity index (χ0v) is 14.3. The Hall–Kier alpha value is -0.560. The Labute approximate surface area is 130 Å². The average Bonchev–Trinajstić information content (AvgIpc) is 2.40. The van der Waals surface area contributed by atoms with Gasteiger partial charge in [0.2, 0.25) is 0 Å². The van der Waals surface area contributed by atoms with Crippen molar-refractivity contribution in [2.45, 2.75) is 78.7 Å². The van der Waals surface area contributed by atoms with Crippen LogP contribution in [0.4, 0.5) is 0 Å². The minimum atomic E-state index is -0.143. The third-order valence-corrected chi connectivity index (χ3v) is 7.40. The number of aliphatic hydroxyl groups excluding tert-OH is 1. The zero-order valence-electron chi connectivity index (χ0n) is 14.3. The highest BCUT2D eigenvalue weighted by Gasteiger charge is 2.50. The van der Waals surface area contributed by atoms with Crippen LogP contribution >= 0.6 is 0 Å². The minimum Gasteiger partial charge on any atom is -0.393 e. The molecule has 0 unspecified atom stereocenters. The lowest BCUT2D eigenvalue weighted by Crippen LogP contribution is -2.48. The molecule has 2 fully saturated rings. The molecule has 0 aromatic carbocycles. The first-order chi connectivity index (χ1) is 9.76. The lowest BCUT2D eigenvalue weighted by Gasteiger charge is -2.54. The summed E-state index contributed by atoms with van der Waals surface area (Å²) in [7, 11) is 0. The highest BCUT2D eigenvalue weighted by molar-refractivity contribution is 5.27. The molecule has 2 bridgehead atoms. The first-order valence-electron chi connectivity index (χ1n) is 8.81. The summed E-state index contributed by atoms with van der Waals surface area (Å²) in [5.41, 5.74) is 5.12. The van der Waals surface area contributed by atoms with E-state index >= 15 is 0 Å². The second kappa shape index (κ2) is 4.98. The van der Waals surface area contributed by atoms with Gasteiger partial charge in [-0.05, 0) is 69.1 Å². The second-order valence-electron chi connectivity index (χ2n) is 8.72. The molecule has 1 heteroatoms. The molecular weight excluding hydrogens is 256 g/mol.